The van der Waals surface area contributed by atoms with Gasteiger partial charge in [-0.05, 0) is 55.5 Å². The molecule has 0 atom stereocenters. The van der Waals surface area contributed by atoms with Crippen molar-refractivity contribution >= 4 is 34.7 Å². The quantitative estimate of drug-likeness (QED) is 0.611. The van der Waals surface area contributed by atoms with E-state index < -0.39 is 0 Å². The lowest BCUT2D eigenvalue weighted by atomic mass is 10.2. The van der Waals surface area contributed by atoms with Crippen LogP contribution >= 0.6 is 12.2 Å². The van der Waals surface area contributed by atoms with E-state index >= 15 is 0 Å². The summed E-state index contributed by atoms with van der Waals surface area (Å²) in [5.74, 6) is 0.550. The van der Waals surface area contributed by atoms with Crippen LogP contribution in [0.3, 0.4) is 0 Å². The van der Waals surface area contributed by atoms with Crippen molar-refractivity contribution in [3.8, 4) is 5.75 Å². The van der Waals surface area contributed by atoms with Gasteiger partial charge in [-0.3, -0.25) is 0 Å². The van der Waals surface area contributed by atoms with E-state index in [0.717, 1.165) is 43.3 Å². The smallest absolute Gasteiger partial charge is 0.338 e. The summed E-state index contributed by atoms with van der Waals surface area (Å²) in [6, 6.07) is 15.3. The van der Waals surface area contributed by atoms with Gasteiger partial charge in [0.2, 0.25) is 0 Å². The first kappa shape index (κ1) is 19.9. The first-order valence-electron chi connectivity index (χ1n) is 9.33. The first-order chi connectivity index (χ1) is 13.6. The summed E-state index contributed by atoms with van der Waals surface area (Å²) in [6.45, 7) is 5.60. The van der Waals surface area contributed by atoms with E-state index in [-0.39, 0.29) is 5.97 Å². The Bertz CT molecular complexity index is 818. The van der Waals surface area contributed by atoms with Crippen LogP contribution in [0.5, 0.6) is 5.75 Å². The number of anilines is 2. The van der Waals surface area contributed by atoms with Crippen molar-refractivity contribution in [2.24, 2.45) is 0 Å². The Balaban J connectivity index is 1.53. The molecule has 28 heavy (non-hydrogen) atoms. The number of carbonyl (C=O) groups excluding carboxylic acids is 1. The highest BCUT2D eigenvalue weighted by Crippen LogP contribution is 2.22. The molecule has 2 aromatic rings. The molecule has 1 aliphatic heterocycles. The van der Waals surface area contributed by atoms with E-state index in [9.17, 15) is 4.79 Å². The van der Waals surface area contributed by atoms with Gasteiger partial charge in [0.15, 0.2) is 5.11 Å². The molecule has 0 saturated carbocycles. The second-order valence-electron chi connectivity index (χ2n) is 6.40. The average molecular weight is 400 g/mol. The number of nitrogens with zero attached hydrogens (tertiary/aromatic N) is 2. The van der Waals surface area contributed by atoms with E-state index in [2.05, 4.69) is 27.2 Å². The van der Waals surface area contributed by atoms with Crippen LogP contribution in [0.25, 0.3) is 0 Å². The van der Waals surface area contributed by atoms with Crippen molar-refractivity contribution < 1.29 is 14.3 Å². The third kappa shape index (κ3) is 4.92. The number of carbonyl (C=O) groups is 1. The summed E-state index contributed by atoms with van der Waals surface area (Å²) in [4.78, 5) is 16.2. The van der Waals surface area contributed by atoms with E-state index in [1.165, 1.54) is 0 Å². The number of ether oxygens (including phenoxy) is 2. The molecule has 0 aromatic heterocycles. The second kappa shape index (κ2) is 9.41. The minimum Gasteiger partial charge on any atom is -0.497 e. The Morgan fingerprint density at radius 1 is 1.11 bits per heavy atom. The number of methoxy groups -OCH3 is 1. The molecule has 1 N–H and O–H groups in total. The van der Waals surface area contributed by atoms with Crippen molar-refractivity contribution in [3.05, 3.63) is 54.1 Å². The van der Waals surface area contributed by atoms with Gasteiger partial charge in [-0.1, -0.05) is 6.07 Å². The molecule has 0 aliphatic carbocycles. The fourth-order valence-electron chi connectivity index (χ4n) is 3.08. The van der Waals surface area contributed by atoms with Gasteiger partial charge in [-0.25, -0.2) is 4.79 Å². The highest BCUT2D eigenvalue weighted by molar-refractivity contribution is 7.80. The highest BCUT2D eigenvalue weighted by Gasteiger charge is 2.19. The number of hydrogen-bond donors (Lipinski definition) is 1. The van der Waals surface area contributed by atoms with Gasteiger partial charge in [0.1, 0.15) is 5.75 Å². The van der Waals surface area contributed by atoms with Gasteiger partial charge < -0.3 is 24.6 Å². The molecule has 0 spiro atoms. The molecule has 3 rings (SSSR count). The van der Waals surface area contributed by atoms with Crippen molar-refractivity contribution in [1.29, 1.82) is 0 Å². The number of piperazine rings is 1. The minimum atomic E-state index is -0.315. The zero-order chi connectivity index (χ0) is 19.9. The Hall–Kier alpha value is -2.80. The summed E-state index contributed by atoms with van der Waals surface area (Å²) in [6.07, 6.45) is 0. The lowest BCUT2D eigenvalue weighted by Gasteiger charge is -2.37. The molecule has 148 valence electrons. The predicted molar refractivity (Wildman–Crippen MR) is 115 cm³/mol. The third-order valence-electron chi connectivity index (χ3n) is 4.63. The number of hydrogen-bond acceptors (Lipinski definition) is 5. The van der Waals surface area contributed by atoms with Crippen molar-refractivity contribution in [1.82, 2.24) is 4.90 Å². The van der Waals surface area contributed by atoms with Crippen LogP contribution in [0.1, 0.15) is 17.3 Å². The summed E-state index contributed by atoms with van der Waals surface area (Å²) in [7, 11) is 1.68. The monoisotopic (exact) mass is 399 g/mol. The summed E-state index contributed by atoms with van der Waals surface area (Å²) in [5.41, 5.74) is 2.55. The Kier molecular flexibility index (Phi) is 6.71. The number of esters is 1. The molecule has 0 bridgehead atoms. The van der Waals surface area contributed by atoms with E-state index in [4.69, 9.17) is 21.7 Å². The third-order valence-corrected chi connectivity index (χ3v) is 4.99. The second-order valence-corrected chi connectivity index (χ2v) is 6.79. The molecule has 7 heteroatoms. The van der Waals surface area contributed by atoms with Crippen LogP contribution in [-0.4, -0.2) is 55.9 Å². The zero-order valence-corrected chi connectivity index (χ0v) is 17.0. The molecule has 1 heterocycles. The van der Waals surface area contributed by atoms with Gasteiger partial charge in [0.05, 0.1) is 19.3 Å². The van der Waals surface area contributed by atoms with Crippen LogP contribution < -0.4 is 15.0 Å². The fourth-order valence-corrected chi connectivity index (χ4v) is 3.38. The van der Waals surface area contributed by atoms with Crippen LogP contribution in [0.2, 0.25) is 0 Å². The van der Waals surface area contributed by atoms with E-state index in [0.29, 0.717) is 17.3 Å². The predicted octanol–water partition coefficient (Wildman–Crippen LogP) is 3.39. The van der Waals surface area contributed by atoms with E-state index in [1.807, 2.05) is 24.3 Å². The molecule has 1 saturated heterocycles. The molecule has 2 aromatic carbocycles. The maximum atomic E-state index is 11.7. The van der Waals surface area contributed by atoms with Crippen LogP contribution in [0.4, 0.5) is 11.4 Å². The normalized spacial score (nSPS) is 13.8. The van der Waals surface area contributed by atoms with Crippen molar-refractivity contribution in [2.45, 2.75) is 6.92 Å². The molecule has 1 aliphatic rings. The van der Waals surface area contributed by atoms with Crippen molar-refractivity contribution in [3.63, 3.8) is 0 Å². The number of thiocarbonyl (C=S) groups is 1. The zero-order valence-electron chi connectivity index (χ0n) is 16.2. The number of benzene rings is 2. The van der Waals surface area contributed by atoms with Crippen LogP contribution in [0.15, 0.2) is 48.5 Å². The van der Waals surface area contributed by atoms with Gasteiger partial charge in [0.25, 0.3) is 0 Å². The Morgan fingerprint density at radius 3 is 2.46 bits per heavy atom. The maximum Gasteiger partial charge on any atom is 0.338 e. The highest BCUT2D eigenvalue weighted by atomic mass is 32.1. The summed E-state index contributed by atoms with van der Waals surface area (Å²) >= 11 is 5.56. The first-order valence-corrected chi connectivity index (χ1v) is 9.73. The summed E-state index contributed by atoms with van der Waals surface area (Å²) in [5, 5.41) is 3.94. The van der Waals surface area contributed by atoms with Gasteiger partial charge >= 0.3 is 5.97 Å². The lowest BCUT2D eigenvalue weighted by molar-refractivity contribution is 0.0526. The number of rotatable bonds is 5. The van der Waals surface area contributed by atoms with E-state index in [1.54, 1.807) is 26.2 Å². The molecular weight excluding hydrogens is 374 g/mol. The molecule has 1 fully saturated rings. The minimum absolute atomic E-state index is 0.315. The largest absolute Gasteiger partial charge is 0.497 e. The lowest BCUT2D eigenvalue weighted by Crippen LogP contribution is -2.50. The molecule has 0 unspecified atom stereocenters. The average Bonchev–Trinajstić information content (AvgIpc) is 2.74. The molecule has 6 nitrogen and oxygen atoms in total. The SMILES string of the molecule is CCOC(=O)c1ccc(NC(=S)N2CCN(c3cccc(OC)c3)CC2)cc1. The molecular formula is C21H25N3O3S. The topological polar surface area (TPSA) is 54.0 Å². The molecule has 0 amide bonds. The Labute approximate surface area is 171 Å². The van der Waals surface area contributed by atoms with Crippen molar-refractivity contribution in [2.75, 3.05) is 50.1 Å². The molecule has 0 radical (unpaired) electrons. The Morgan fingerprint density at radius 2 is 1.82 bits per heavy atom. The standard InChI is InChI=1S/C21H25N3O3S/c1-3-27-20(25)16-7-9-17(10-8-16)22-21(28)24-13-11-23(12-14-24)18-5-4-6-19(15-18)26-2/h4-10,15H,3,11-14H2,1-2H3,(H,22,28). The van der Waals surface area contributed by atoms with Gasteiger partial charge in [-0.2, -0.15) is 0 Å². The van der Waals surface area contributed by atoms with Crippen LogP contribution in [0, 0.1) is 0 Å². The van der Waals surface area contributed by atoms with Gasteiger partial charge in [0, 0.05) is 43.6 Å². The summed E-state index contributed by atoms with van der Waals surface area (Å²) < 4.78 is 10.3. The maximum absolute atomic E-state index is 11.7. The van der Waals surface area contributed by atoms with Crippen LogP contribution in [-0.2, 0) is 4.74 Å². The number of nitrogens with one attached hydrogen (secondary N) is 1. The fraction of sp³-hybridized carbons (Fsp3) is 0.333. The van der Waals surface area contributed by atoms with Gasteiger partial charge in [-0.15, -0.1) is 0 Å².